The topological polar surface area (TPSA) is 62.6 Å². The summed E-state index contributed by atoms with van der Waals surface area (Å²) in [5.74, 6) is -1.27. The lowest BCUT2D eigenvalue weighted by atomic mass is 9.79. The molecule has 0 aliphatic carbocycles. The van der Waals surface area contributed by atoms with Crippen LogP contribution in [-0.2, 0) is 20.8 Å². The molecular weight excluding hydrogens is 268 g/mol. The fourth-order valence-electron chi connectivity index (χ4n) is 3.18. The molecule has 1 aromatic rings. The van der Waals surface area contributed by atoms with Gasteiger partial charge in [-0.3, -0.25) is 4.79 Å². The molecular formula is C16H18N2O3. The van der Waals surface area contributed by atoms with Crippen LogP contribution in [0.2, 0.25) is 0 Å². The van der Waals surface area contributed by atoms with Crippen molar-refractivity contribution in [2.75, 3.05) is 13.2 Å². The number of ether oxygens (including phenoxy) is 2. The largest absolute Gasteiger partial charge is 0.347 e. The molecule has 2 saturated heterocycles. The summed E-state index contributed by atoms with van der Waals surface area (Å²) in [5.41, 5.74) is 1.06. The molecule has 2 aliphatic rings. The van der Waals surface area contributed by atoms with Crippen molar-refractivity contribution < 1.29 is 14.3 Å². The summed E-state index contributed by atoms with van der Waals surface area (Å²) in [7, 11) is 0. The predicted octanol–water partition coefficient (Wildman–Crippen LogP) is 1.69. The predicted molar refractivity (Wildman–Crippen MR) is 74.8 cm³/mol. The fraction of sp³-hybridized carbons (Fsp3) is 0.500. The van der Waals surface area contributed by atoms with Crippen LogP contribution in [0.25, 0.3) is 0 Å². The second kappa shape index (κ2) is 5.47. The van der Waals surface area contributed by atoms with E-state index in [1.54, 1.807) is 11.8 Å². The van der Waals surface area contributed by atoms with Gasteiger partial charge in [0, 0.05) is 6.54 Å². The molecule has 5 heteroatoms. The van der Waals surface area contributed by atoms with E-state index in [0.717, 1.165) is 5.56 Å². The third-order valence-electron chi connectivity index (χ3n) is 4.26. The van der Waals surface area contributed by atoms with Gasteiger partial charge in [0.25, 0.3) is 0 Å². The van der Waals surface area contributed by atoms with E-state index in [1.807, 2.05) is 30.3 Å². The maximum atomic E-state index is 12.5. The maximum absolute atomic E-state index is 12.5. The number of carbonyl (C=O) groups excluding carboxylic acids is 1. The van der Waals surface area contributed by atoms with E-state index in [1.165, 1.54) is 0 Å². The summed E-state index contributed by atoms with van der Waals surface area (Å²) in [6.45, 7) is 3.32. The quantitative estimate of drug-likeness (QED) is 0.790. The highest BCUT2D eigenvalue weighted by Gasteiger charge is 2.58. The highest BCUT2D eigenvalue weighted by atomic mass is 16.7. The van der Waals surface area contributed by atoms with Gasteiger partial charge in [-0.2, -0.15) is 5.26 Å². The number of benzene rings is 1. The Balaban J connectivity index is 1.77. The number of β-lactam (4-membered cyclic amide) rings is 1. The first-order chi connectivity index (χ1) is 10.2. The van der Waals surface area contributed by atoms with Crippen LogP contribution >= 0.6 is 0 Å². The van der Waals surface area contributed by atoms with Crippen molar-refractivity contribution in [1.29, 1.82) is 5.26 Å². The van der Waals surface area contributed by atoms with Crippen molar-refractivity contribution in [1.82, 2.24) is 4.90 Å². The first-order valence-corrected chi connectivity index (χ1v) is 7.15. The van der Waals surface area contributed by atoms with Crippen LogP contribution in [0.15, 0.2) is 30.3 Å². The Bertz CT molecular complexity index is 561. The molecule has 0 saturated carbocycles. The average molecular weight is 286 g/mol. The summed E-state index contributed by atoms with van der Waals surface area (Å²) >= 11 is 0. The van der Waals surface area contributed by atoms with Crippen molar-refractivity contribution in [3.05, 3.63) is 35.9 Å². The molecule has 2 aliphatic heterocycles. The Morgan fingerprint density at radius 2 is 2.00 bits per heavy atom. The molecule has 2 heterocycles. The first-order valence-electron chi connectivity index (χ1n) is 7.15. The van der Waals surface area contributed by atoms with Gasteiger partial charge in [0.1, 0.15) is 5.92 Å². The number of likely N-dealkylation sites (tertiary alicyclic amines) is 1. The number of nitrogens with zero attached hydrogens (tertiary/aromatic N) is 2. The summed E-state index contributed by atoms with van der Waals surface area (Å²) in [6, 6.07) is 11.8. The van der Waals surface area contributed by atoms with Crippen LogP contribution < -0.4 is 0 Å². The normalized spacial score (nSPS) is 27.2. The van der Waals surface area contributed by atoms with Gasteiger partial charge in [0.15, 0.2) is 5.79 Å². The minimum absolute atomic E-state index is 0.00324. The highest BCUT2D eigenvalue weighted by Crippen LogP contribution is 2.42. The average Bonchev–Trinajstić information content (AvgIpc) is 2.92. The molecule has 0 radical (unpaired) electrons. The van der Waals surface area contributed by atoms with Crippen LogP contribution in [0, 0.1) is 17.2 Å². The number of rotatable bonds is 4. The maximum Gasteiger partial charge on any atom is 0.233 e. The third-order valence-corrected chi connectivity index (χ3v) is 4.26. The lowest BCUT2D eigenvalue weighted by Gasteiger charge is -2.51. The van der Waals surface area contributed by atoms with Gasteiger partial charge in [-0.25, -0.2) is 0 Å². The molecule has 2 fully saturated rings. The molecule has 0 spiro atoms. The van der Waals surface area contributed by atoms with Crippen molar-refractivity contribution in [2.45, 2.75) is 31.7 Å². The molecule has 1 amide bonds. The summed E-state index contributed by atoms with van der Waals surface area (Å²) < 4.78 is 11.2. The van der Waals surface area contributed by atoms with Gasteiger partial charge in [-0.1, -0.05) is 30.3 Å². The molecule has 5 nitrogen and oxygen atoms in total. The molecule has 21 heavy (non-hydrogen) atoms. The van der Waals surface area contributed by atoms with Crippen molar-refractivity contribution in [2.24, 2.45) is 5.92 Å². The van der Waals surface area contributed by atoms with Crippen LogP contribution in [0.3, 0.4) is 0 Å². The van der Waals surface area contributed by atoms with Crippen LogP contribution in [0.5, 0.6) is 0 Å². The van der Waals surface area contributed by atoms with E-state index in [2.05, 4.69) is 6.07 Å². The Morgan fingerprint density at radius 3 is 2.62 bits per heavy atom. The zero-order valence-electron chi connectivity index (χ0n) is 12.0. The van der Waals surface area contributed by atoms with Crippen molar-refractivity contribution >= 4 is 5.91 Å². The summed E-state index contributed by atoms with van der Waals surface area (Å²) in [5, 5.41) is 9.05. The number of amides is 1. The van der Waals surface area contributed by atoms with E-state index in [9.17, 15) is 4.79 Å². The van der Waals surface area contributed by atoms with E-state index in [0.29, 0.717) is 26.2 Å². The Morgan fingerprint density at radius 1 is 1.33 bits per heavy atom. The molecule has 3 rings (SSSR count). The molecule has 0 aromatic heterocycles. The molecule has 0 N–H and O–H groups in total. The fourth-order valence-corrected chi connectivity index (χ4v) is 3.18. The first kappa shape index (κ1) is 14.1. The molecule has 0 bridgehead atoms. The van der Waals surface area contributed by atoms with Crippen molar-refractivity contribution in [3.8, 4) is 6.07 Å². The van der Waals surface area contributed by atoms with Crippen molar-refractivity contribution in [3.63, 3.8) is 0 Å². The van der Waals surface area contributed by atoms with Gasteiger partial charge in [-0.15, -0.1) is 0 Å². The zero-order valence-corrected chi connectivity index (χ0v) is 12.0. The minimum atomic E-state index is -0.883. The zero-order chi connectivity index (χ0) is 14.9. The van der Waals surface area contributed by atoms with Gasteiger partial charge in [-0.05, 0) is 12.5 Å². The second-order valence-corrected chi connectivity index (χ2v) is 5.57. The Hall–Kier alpha value is -1.90. The van der Waals surface area contributed by atoms with Gasteiger partial charge in [0.2, 0.25) is 5.91 Å². The standard InChI is InChI=1S/C16H18N2O3/c1-16(20-9-10-21-16)14-13(7-8-17)18(15(14)19)11-12-5-3-2-4-6-12/h2-6,13-14H,7,9-11H2,1H3/t13-,14-/m1/s1. The smallest absolute Gasteiger partial charge is 0.233 e. The van der Waals surface area contributed by atoms with E-state index < -0.39 is 5.79 Å². The van der Waals surface area contributed by atoms with E-state index in [-0.39, 0.29) is 17.9 Å². The number of nitriles is 1. The molecule has 1 aromatic carbocycles. The monoisotopic (exact) mass is 286 g/mol. The van der Waals surface area contributed by atoms with Gasteiger partial charge in [0.05, 0.1) is 31.7 Å². The lowest BCUT2D eigenvalue weighted by Crippen LogP contribution is -2.67. The van der Waals surface area contributed by atoms with Gasteiger partial charge >= 0.3 is 0 Å². The second-order valence-electron chi connectivity index (χ2n) is 5.57. The minimum Gasteiger partial charge on any atom is -0.347 e. The number of hydrogen-bond donors (Lipinski definition) is 0. The molecule has 2 atom stereocenters. The number of carbonyl (C=O) groups is 1. The Labute approximate surface area is 124 Å². The SMILES string of the molecule is CC1([C@H]2C(=O)N(Cc3ccccc3)[C@@H]2CC#N)OCCO1. The summed E-state index contributed by atoms with van der Waals surface area (Å²) in [4.78, 5) is 14.2. The summed E-state index contributed by atoms with van der Waals surface area (Å²) in [6.07, 6.45) is 0.297. The van der Waals surface area contributed by atoms with E-state index >= 15 is 0 Å². The van der Waals surface area contributed by atoms with E-state index in [4.69, 9.17) is 14.7 Å². The van der Waals surface area contributed by atoms with Crippen LogP contribution in [0.4, 0.5) is 0 Å². The number of hydrogen-bond acceptors (Lipinski definition) is 4. The molecule has 0 unspecified atom stereocenters. The van der Waals surface area contributed by atoms with Gasteiger partial charge < -0.3 is 14.4 Å². The van der Waals surface area contributed by atoms with Crippen LogP contribution in [0.1, 0.15) is 18.9 Å². The Kier molecular flexibility index (Phi) is 3.66. The van der Waals surface area contributed by atoms with Crippen LogP contribution in [-0.4, -0.2) is 35.8 Å². The lowest BCUT2D eigenvalue weighted by molar-refractivity contribution is -0.228. The molecule has 110 valence electrons. The highest BCUT2D eigenvalue weighted by molar-refractivity contribution is 5.87. The third kappa shape index (κ3) is 2.41.